The molecule has 0 saturated heterocycles. The van der Waals surface area contributed by atoms with E-state index in [0.717, 1.165) is 11.3 Å². The van der Waals surface area contributed by atoms with Gasteiger partial charge in [-0.25, -0.2) is 9.97 Å². The van der Waals surface area contributed by atoms with Crippen LogP contribution in [0.2, 0.25) is 0 Å². The molecule has 0 spiro atoms. The van der Waals surface area contributed by atoms with Crippen LogP contribution in [-0.2, 0) is 0 Å². The minimum Gasteiger partial charge on any atom is -0.382 e. The van der Waals surface area contributed by atoms with Crippen molar-refractivity contribution < 1.29 is 0 Å². The van der Waals surface area contributed by atoms with Gasteiger partial charge in [0, 0.05) is 0 Å². The van der Waals surface area contributed by atoms with Crippen LogP contribution < -0.4 is 11.5 Å². The molecule has 0 amide bonds. The molecule has 3 rings (SSSR count). The number of fused-ring (bicyclic) bond motifs is 1. The molecule has 0 bridgehead atoms. The molecule has 0 fully saturated rings. The average Bonchev–Trinajstić information content (AvgIpc) is 2.46. The zero-order valence-corrected chi connectivity index (χ0v) is 10.7. The molecule has 0 aliphatic carbocycles. The van der Waals surface area contributed by atoms with Crippen molar-refractivity contribution >= 4 is 35.0 Å². The van der Waals surface area contributed by atoms with Gasteiger partial charge in [-0.1, -0.05) is 36.4 Å². The van der Waals surface area contributed by atoms with Crippen molar-refractivity contribution in [3.8, 4) is 0 Å². The molecule has 3 aromatic rings. The van der Waals surface area contributed by atoms with Crippen molar-refractivity contribution in [2.45, 2.75) is 0 Å². The van der Waals surface area contributed by atoms with E-state index in [1.54, 1.807) is 0 Å². The largest absolute Gasteiger partial charge is 0.382 e. The molecule has 0 radical (unpaired) electrons. The zero-order valence-electron chi connectivity index (χ0n) is 10.7. The molecule has 4 N–H and O–H groups in total. The van der Waals surface area contributed by atoms with E-state index in [4.69, 9.17) is 11.5 Å². The van der Waals surface area contributed by atoms with Gasteiger partial charge in [0.1, 0.15) is 5.52 Å². The number of anilines is 2. The van der Waals surface area contributed by atoms with Gasteiger partial charge in [-0.2, -0.15) is 4.98 Å². The Morgan fingerprint density at radius 1 is 0.800 bits per heavy atom. The number of nitrogens with zero attached hydrogens (tertiary/aromatic N) is 3. The van der Waals surface area contributed by atoms with Crippen LogP contribution in [-0.4, -0.2) is 15.0 Å². The summed E-state index contributed by atoms with van der Waals surface area (Å²) < 4.78 is 0. The Hall–Kier alpha value is -2.95. The van der Waals surface area contributed by atoms with Crippen molar-refractivity contribution in [3.63, 3.8) is 0 Å². The molecule has 5 nitrogen and oxygen atoms in total. The molecule has 0 aliphatic rings. The Bertz CT molecular complexity index is 781. The number of aromatic nitrogens is 3. The third-order valence-electron chi connectivity index (χ3n) is 2.85. The van der Waals surface area contributed by atoms with E-state index < -0.39 is 0 Å². The summed E-state index contributed by atoms with van der Waals surface area (Å²) in [6.45, 7) is 0. The van der Waals surface area contributed by atoms with Crippen molar-refractivity contribution in [2.24, 2.45) is 0 Å². The van der Waals surface area contributed by atoms with E-state index in [1.165, 1.54) is 0 Å². The van der Waals surface area contributed by atoms with Crippen LogP contribution in [0.4, 0.5) is 11.8 Å². The van der Waals surface area contributed by atoms with Crippen molar-refractivity contribution in [1.82, 2.24) is 15.0 Å². The molecule has 0 atom stereocenters. The highest BCUT2D eigenvalue weighted by molar-refractivity contribution is 5.86. The molecule has 0 saturated carbocycles. The quantitative estimate of drug-likeness (QED) is 0.740. The first-order chi connectivity index (χ1) is 9.72. The van der Waals surface area contributed by atoms with Crippen LogP contribution in [0.25, 0.3) is 23.2 Å². The molecular formula is C15H13N5. The van der Waals surface area contributed by atoms with Crippen molar-refractivity contribution in [3.05, 3.63) is 53.7 Å². The first kappa shape index (κ1) is 12.1. The lowest BCUT2D eigenvalue weighted by atomic mass is 10.2. The van der Waals surface area contributed by atoms with Gasteiger partial charge in [-0.05, 0) is 23.8 Å². The van der Waals surface area contributed by atoms with E-state index in [0.29, 0.717) is 16.9 Å². The molecule has 2 aromatic heterocycles. The first-order valence-corrected chi connectivity index (χ1v) is 6.15. The van der Waals surface area contributed by atoms with Crippen molar-refractivity contribution in [1.29, 1.82) is 0 Å². The Balaban J connectivity index is 1.99. The summed E-state index contributed by atoms with van der Waals surface area (Å²) in [4.78, 5) is 12.5. The van der Waals surface area contributed by atoms with Gasteiger partial charge in [-0.3, -0.25) is 0 Å². The average molecular weight is 263 g/mol. The Labute approximate surface area is 116 Å². The fourth-order valence-electron chi connectivity index (χ4n) is 1.91. The molecule has 5 heteroatoms. The Kier molecular flexibility index (Phi) is 3.01. The lowest BCUT2D eigenvalue weighted by Gasteiger charge is -2.02. The SMILES string of the molecule is Nc1nc(N)c2nc(/C=C/c3ccccc3)ccc2n1. The lowest BCUT2D eigenvalue weighted by molar-refractivity contribution is 1.21. The predicted molar refractivity (Wildman–Crippen MR) is 81.5 cm³/mol. The van der Waals surface area contributed by atoms with Crippen molar-refractivity contribution in [2.75, 3.05) is 11.5 Å². The summed E-state index contributed by atoms with van der Waals surface area (Å²) in [5.74, 6) is 0.451. The third-order valence-corrected chi connectivity index (χ3v) is 2.85. The van der Waals surface area contributed by atoms with E-state index in [1.807, 2.05) is 54.6 Å². The second-order valence-corrected chi connectivity index (χ2v) is 4.31. The van der Waals surface area contributed by atoms with Gasteiger partial charge < -0.3 is 11.5 Å². The standard InChI is InChI=1S/C15H13N5/c16-14-13-12(19-15(17)20-14)9-8-11(18-13)7-6-10-4-2-1-3-5-10/h1-9H,(H4,16,17,19,20)/b7-6+. The van der Waals surface area contributed by atoms with Crippen LogP contribution in [0.1, 0.15) is 11.3 Å². The second-order valence-electron chi connectivity index (χ2n) is 4.31. The van der Waals surface area contributed by atoms with Crippen LogP contribution in [0.3, 0.4) is 0 Å². The number of nitrogens with two attached hydrogens (primary N) is 2. The predicted octanol–water partition coefficient (Wildman–Crippen LogP) is 2.36. The fraction of sp³-hybridized carbons (Fsp3) is 0. The van der Waals surface area contributed by atoms with Crippen LogP contribution in [0, 0.1) is 0 Å². The summed E-state index contributed by atoms with van der Waals surface area (Å²) in [6.07, 6.45) is 3.91. The van der Waals surface area contributed by atoms with Gasteiger partial charge in [0.15, 0.2) is 5.82 Å². The monoisotopic (exact) mass is 263 g/mol. The smallest absolute Gasteiger partial charge is 0.222 e. The summed E-state index contributed by atoms with van der Waals surface area (Å²) in [6, 6.07) is 13.7. The summed E-state index contributed by atoms with van der Waals surface area (Å²) in [7, 11) is 0. The molecule has 2 heterocycles. The van der Waals surface area contributed by atoms with E-state index >= 15 is 0 Å². The zero-order chi connectivity index (χ0) is 13.9. The highest BCUT2D eigenvalue weighted by atomic mass is 15.0. The molecule has 98 valence electrons. The number of benzene rings is 1. The topological polar surface area (TPSA) is 90.7 Å². The highest BCUT2D eigenvalue weighted by Gasteiger charge is 2.04. The summed E-state index contributed by atoms with van der Waals surface area (Å²) >= 11 is 0. The molecule has 0 unspecified atom stereocenters. The number of pyridine rings is 1. The summed E-state index contributed by atoms with van der Waals surface area (Å²) in [5.41, 5.74) is 14.5. The minimum atomic E-state index is 0.157. The number of hydrogen-bond donors (Lipinski definition) is 2. The van der Waals surface area contributed by atoms with E-state index in [9.17, 15) is 0 Å². The molecule has 20 heavy (non-hydrogen) atoms. The van der Waals surface area contributed by atoms with E-state index in [2.05, 4.69) is 15.0 Å². The van der Waals surface area contributed by atoms with Crippen LogP contribution in [0.5, 0.6) is 0 Å². The van der Waals surface area contributed by atoms with Gasteiger partial charge in [0.25, 0.3) is 0 Å². The number of rotatable bonds is 2. The minimum absolute atomic E-state index is 0.157. The maximum atomic E-state index is 5.82. The van der Waals surface area contributed by atoms with Crippen LogP contribution >= 0.6 is 0 Å². The fourth-order valence-corrected chi connectivity index (χ4v) is 1.91. The van der Waals surface area contributed by atoms with Crippen LogP contribution in [0.15, 0.2) is 42.5 Å². The maximum absolute atomic E-state index is 5.82. The summed E-state index contributed by atoms with van der Waals surface area (Å²) in [5, 5.41) is 0. The molecule has 1 aromatic carbocycles. The number of hydrogen-bond acceptors (Lipinski definition) is 5. The third kappa shape index (κ3) is 2.42. The molecule has 0 aliphatic heterocycles. The normalized spacial score (nSPS) is 11.2. The Morgan fingerprint density at radius 2 is 1.60 bits per heavy atom. The van der Waals surface area contributed by atoms with Gasteiger partial charge in [0.2, 0.25) is 5.95 Å². The number of nitrogen functional groups attached to an aromatic ring is 2. The first-order valence-electron chi connectivity index (χ1n) is 6.15. The van der Waals surface area contributed by atoms with Gasteiger partial charge in [0.05, 0.1) is 11.2 Å². The van der Waals surface area contributed by atoms with E-state index in [-0.39, 0.29) is 5.95 Å². The highest BCUT2D eigenvalue weighted by Crippen LogP contribution is 2.17. The Morgan fingerprint density at radius 3 is 2.40 bits per heavy atom. The van der Waals surface area contributed by atoms with Gasteiger partial charge in [-0.15, -0.1) is 0 Å². The lowest BCUT2D eigenvalue weighted by Crippen LogP contribution is -2.02. The maximum Gasteiger partial charge on any atom is 0.222 e. The van der Waals surface area contributed by atoms with Gasteiger partial charge >= 0.3 is 0 Å². The second kappa shape index (κ2) is 4.97. The molecular weight excluding hydrogens is 250 g/mol.